The van der Waals surface area contributed by atoms with Crippen molar-refractivity contribution >= 4 is 28.9 Å². The second-order valence-corrected chi connectivity index (χ2v) is 6.21. The molecule has 5 heteroatoms. The highest BCUT2D eigenvalue weighted by molar-refractivity contribution is 6.01. The zero-order valence-electron chi connectivity index (χ0n) is 16.0. The molecule has 0 saturated carbocycles. The van der Waals surface area contributed by atoms with E-state index in [1.165, 1.54) is 11.8 Å². The summed E-state index contributed by atoms with van der Waals surface area (Å²) in [5.41, 5.74) is 3.62. The van der Waals surface area contributed by atoms with Crippen molar-refractivity contribution in [2.24, 2.45) is 0 Å². The molecule has 26 heavy (non-hydrogen) atoms. The molecule has 0 aliphatic carbocycles. The smallest absolute Gasteiger partial charge is 0.244 e. The highest BCUT2D eigenvalue weighted by Gasteiger charge is 2.16. The average molecular weight is 353 g/mol. The molecule has 2 amide bonds. The maximum Gasteiger partial charge on any atom is 0.244 e. The Morgan fingerprint density at radius 1 is 0.962 bits per heavy atom. The van der Waals surface area contributed by atoms with Gasteiger partial charge in [-0.2, -0.15) is 0 Å². The van der Waals surface area contributed by atoms with Gasteiger partial charge in [0.25, 0.3) is 0 Å². The fraction of sp³-hybridized carbons (Fsp3) is 0.333. The fourth-order valence-corrected chi connectivity index (χ4v) is 2.88. The Bertz CT molecular complexity index is 752. The van der Waals surface area contributed by atoms with E-state index in [4.69, 9.17) is 0 Å². The molecule has 138 valence electrons. The summed E-state index contributed by atoms with van der Waals surface area (Å²) in [5, 5.41) is 2.84. The van der Waals surface area contributed by atoms with E-state index in [0.29, 0.717) is 5.69 Å². The zero-order chi connectivity index (χ0) is 19.1. The fourth-order valence-electron chi connectivity index (χ4n) is 2.88. The molecule has 0 saturated heterocycles. The maximum atomic E-state index is 12.4. The summed E-state index contributed by atoms with van der Waals surface area (Å²) in [6.07, 6.45) is 0. The van der Waals surface area contributed by atoms with Gasteiger partial charge in [-0.1, -0.05) is 12.1 Å². The minimum Gasteiger partial charge on any atom is -0.372 e. The van der Waals surface area contributed by atoms with Crippen molar-refractivity contribution in [3.63, 3.8) is 0 Å². The molecule has 0 aliphatic heterocycles. The Hall–Kier alpha value is -2.82. The van der Waals surface area contributed by atoms with Crippen LogP contribution in [0, 0.1) is 6.92 Å². The number of hydrogen-bond donors (Lipinski definition) is 1. The molecule has 1 N–H and O–H groups in total. The van der Waals surface area contributed by atoms with Crippen LogP contribution in [0.2, 0.25) is 0 Å². The van der Waals surface area contributed by atoms with Gasteiger partial charge in [0.05, 0.1) is 0 Å². The first kappa shape index (κ1) is 19.5. The van der Waals surface area contributed by atoms with Gasteiger partial charge in [-0.3, -0.25) is 9.59 Å². The number of carbonyl (C=O) groups excluding carboxylic acids is 2. The van der Waals surface area contributed by atoms with Crippen molar-refractivity contribution in [2.45, 2.75) is 27.7 Å². The van der Waals surface area contributed by atoms with Crippen molar-refractivity contribution < 1.29 is 9.59 Å². The molecule has 0 aromatic heterocycles. The molecule has 0 radical (unpaired) electrons. The van der Waals surface area contributed by atoms with Gasteiger partial charge in [-0.15, -0.1) is 0 Å². The van der Waals surface area contributed by atoms with E-state index in [0.717, 1.165) is 30.0 Å². The summed E-state index contributed by atoms with van der Waals surface area (Å²) in [4.78, 5) is 28.1. The zero-order valence-corrected chi connectivity index (χ0v) is 16.0. The third kappa shape index (κ3) is 5.09. The lowest BCUT2D eigenvalue weighted by Crippen LogP contribution is -2.36. The third-order valence-corrected chi connectivity index (χ3v) is 4.27. The van der Waals surface area contributed by atoms with Crippen LogP contribution >= 0.6 is 0 Å². The standard InChI is InChI=1S/C21H27N3O2/c1-5-23(6-2)19-10-12-20(13-11-19)24(17(4)25)15-21(26)22-18-9-7-8-16(3)14-18/h7-14H,5-6,15H2,1-4H3,(H,22,26). The molecule has 0 unspecified atom stereocenters. The minimum atomic E-state index is -0.224. The van der Waals surface area contributed by atoms with Gasteiger partial charge < -0.3 is 15.1 Å². The molecular formula is C21H27N3O2. The van der Waals surface area contributed by atoms with E-state index in [9.17, 15) is 9.59 Å². The van der Waals surface area contributed by atoms with Crippen LogP contribution < -0.4 is 15.1 Å². The van der Waals surface area contributed by atoms with Crippen molar-refractivity contribution in [1.29, 1.82) is 0 Å². The normalized spacial score (nSPS) is 10.3. The number of nitrogens with zero attached hydrogens (tertiary/aromatic N) is 2. The molecule has 2 rings (SSSR count). The van der Waals surface area contributed by atoms with E-state index in [1.54, 1.807) is 0 Å². The van der Waals surface area contributed by atoms with Crippen LogP contribution in [0.1, 0.15) is 26.3 Å². The van der Waals surface area contributed by atoms with Crippen molar-refractivity contribution in [2.75, 3.05) is 34.8 Å². The lowest BCUT2D eigenvalue weighted by molar-refractivity contribution is -0.120. The molecule has 5 nitrogen and oxygen atoms in total. The summed E-state index contributed by atoms with van der Waals surface area (Å²) in [6, 6.07) is 15.3. The van der Waals surface area contributed by atoms with Crippen LogP contribution in [0.25, 0.3) is 0 Å². The van der Waals surface area contributed by atoms with E-state index in [1.807, 2.05) is 55.5 Å². The number of nitrogens with one attached hydrogen (secondary N) is 1. The predicted molar refractivity (Wildman–Crippen MR) is 108 cm³/mol. The van der Waals surface area contributed by atoms with Crippen molar-refractivity contribution in [3.8, 4) is 0 Å². The van der Waals surface area contributed by atoms with E-state index in [-0.39, 0.29) is 18.4 Å². The molecule has 2 aromatic carbocycles. The molecule has 0 fully saturated rings. The van der Waals surface area contributed by atoms with Gasteiger partial charge in [0.1, 0.15) is 6.54 Å². The summed E-state index contributed by atoms with van der Waals surface area (Å²) in [6.45, 7) is 9.47. The van der Waals surface area contributed by atoms with Crippen LogP contribution in [0.15, 0.2) is 48.5 Å². The van der Waals surface area contributed by atoms with Crippen LogP contribution in [0.5, 0.6) is 0 Å². The lowest BCUT2D eigenvalue weighted by Gasteiger charge is -2.24. The van der Waals surface area contributed by atoms with Crippen LogP contribution in [0.3, 0.4) is 0 Å². The number of carbonyl (C=O) groups is 2. The Kier molecular flexibility index (Phi) is 6.78. The molecule has 0 aliphatic rings. The predicted octanol–water partition coefficient (Wildman–Crippen LogP) is 3.83. The quantitative estimate of drug-likeness (QED) is 0.823. The van der Waals surface area contributed by atoms with Crippen LogP contribution in [-0.4, -0.2) is 31.4 Å². The number of hydrogen-bond acceptors (Lipinski definition) is 3. The lowest BCUT2D eigenvalue weighted by atomic mass is 10.2. The number of rotatable bonds is 7. The highest BCUT2D eigenvalue weighted by Crippen LogP contribution is 2.21. The topological polar surface area (TPSA) is 52.6 Å². The molecule has 0 bridgehead atoms. The summed E-state index contributed by atoms with van der Waals surface area (Å²) < 4.78 is 0. The van der Waals surface area contributed by atoms with Gasteiger partial charge in [-0.25, -0.2) is 0 Å². The van der Waals surface area contributed by atoms with E-state index < -0.39 is 0 Å². The molecule has 0 spiro atoms. The van der Waals surface area contributed by atoms with E-state index in [2.05, 4.69) is 24.1 Å². The summed E-state index contributed by atoms with van der Waals surface area (Å²) in [5.74, 6) is -0.390. The summed E-state index contributed by atoms with van der Waals surface area (Å²) in [7, 11) is 0. The second kappa shape index (κ2) is 9.04. The first-order valence-corrected chi connectivity index (χ1v) is 8.94. The average Bonchev–Trinajstić information content (AvgIpc) is 2.61. The van der Waals surface area contributed by atoms with Gasteiger partial charge in [0.2, 0.25) is 11.8 Å². The summed E-state index contributed by atoms with van der Waals surface area (Å²) >= 11 is 0. The van der Waals surface area contributed by atoms with Crippen molar-refractivity contribution in [3.05, 3.63) is 54.1 Å². The second-order valence-electron chi connectivity index (χ2n) is 6.21. The Morgan fingerprint density at radius 2 is 1.58 bits per heavy atom. The highest BCUT2D eigenvalue weighted by atomic mass is 16.2. The number of benzene rings is 2. The number of amides is 2. The van der Waals surface area contributed by atoms with Crippen LogP contribution in [-0.2, 0) is 9.59 Å². The van der Waals surface area contributed by atoms with Gasteiger partial charge in [0.15, 0.2) is 0 Å². The number of aryl methyl sites for hydroxylation is 1. The van der Waals surface area contributed by atoms with Crippen molar-refractivity contribution in [1.82, 2.24) is 0 Å². The Morgan fingerprint density at radius 3 is 2.12 bits per heavy atom. The minimum absolute atomic E-state index is 0.0199. The third-order valence-electron chi connectivity index (χ3n) is 4.27. The number of anilines is 3. The molecule has 0 heterocycles. The van der Waals surface area contributed by atoms with E-state index >= 15 is 0 Å². The van der Waals surface area contributed by atoms with Crippen LogP contribution in [0.4, 0.5) is 17.1 Å². The molecule has 2 aromatic rings. The first-order valence-electron chi connectivity index (χ1n) is 8.94. The van der Waals surface area contributed by atoms with Gasteiger partial charge >= 0.3 is 0 Å². The van der Waals surface area contributed by atoms with Gasteiger partial charge in [-0.05, 0) is 62.7 Å². The monoisotopic (exact) mass is 353 g/mol. The maximum absolute atomic E-state index is 12.4. The first-order chi connectivity index (χ1) is 12.4. The SMILES string of the molecule is CCN(CC)c1ccc(N(CC(=O)Nc2cccc(C)c2)C(C)=O)cc1. The van der Waals surface area contributed by atoms with Gasteiger partial charge in [0, 0.05) is 37.1 Å². The Balaban J connectivity index is 2.10. The Labute approximate surface area is 155 Å². The largest absolute Gasteiger partial charge is 0.372 e. The molecular weight excluding hydrogens is 326 g/mol. The molecule has 0 atom stereocenters.